The lowest BCUT2D eigenvalue weighted by molar-refractivity contribution is 0.236. The van der Waals surface area contributed by atoms with Gasteiger partial charge in [0.25, 0.3) is 0 Å². The van der Waals surface area contributed by atoms with Crippen LogP contribution in [-0.2, 0) is 5.41 Å². The van der Waals surface area contributed by atoms with Crippen LogP contribution in [0.1, 0.15) is 44.1 Å². The van der Waals surface area contributed by atoms with Crippen molar-refractivity contribution in [2.75, 3.05) is 6.54 Å². The van der Waals surface area contributed by atoms with Gasteiger partial charge in [0.1, 0.15) is 5.82 Å². The molecule has 0 saturated heterocycles. The second-order valence-electron chi connectivity index (χ2n) is 6.10. The molecule has 20 heavy (non-hydrogen) atoms. The summed E-state index contributed by atoms with van der Waals surface area (Å²) in [6, 6.07) is 6.93. The van der Waals surface area contributed by atoms with Crippen LogP contribution in [0.15, 0.2) is 24.3 Å². The van der Waals surface area contributed by atoms with Crippen LogP contribution in [0, 0.1) is 5.82 Å². The molecule has 2 amide bonds. The third-order valence-corrected chi connectivity index (χ3v) is 4.59. The molecule has 2 N–H and O–H groups in total. The largest absolute Gasteiger partial charge is 0.337 e. The van der Waals surface area contributed by atoms with Gasteiger partial charge in [-0.3, -0.25) is 0 Å². The summed E-state index contributed by atoms with van der Waals surface area (Å²) in [5, 5.41) is 6.01. The third-order valence-electron chi connectivity index (χ3n) is 4.59. The fraction of sp³-hybridized carbons (Fsp3) is 0.562. The first-order valence-electron chi connectivity index (χ1n) is 7.48. The van der Waals surface area contributed by atoms with Crippen molar-refractivity contribution in [3.8, 4) is 0 Å². The zero-order valence-electron chi connectivity index (χ0n) is 11.6. The van der Waals surface area contributed by atoms with Crippen LogP contribution >= 0.6 is 0 Å². The number of benzene rings is 1. The van der Waals surface area contributed by atoms with Gasteiger partial charge in [0.15, 0.2) is 0 Å². The fourth-order valence-corrected chi connectivity index (χ4v) is 3.08. The Kier molecular flexibility index (Phi) is 3.64. The molecule has 3 nitrogen and oxygen atoms in total. The summed E-state index contributed by atoms with van der Waals surface area (Å²) < 4.78 is 13.0. The Morgan fingerprint density at radius 2 is 1.85 bits per heavy atom. The molecule has 0 aliphatic heterocycles. The second-order valence-corrected chi connectivity index (χ2v) is 6.10. The zero-order valence-corrected chi connectivity index (χ0v) is 11.6. The van der Waals surface area contributed by atoms with E-state index >= 15 is 0 Å². The fourth-order valence-electron chi connectivity index (χ4n) is 3.08. The summed E-state index contributed by atoms with van der Waals surface area (Å²) in [6.45, 7) is 0.636. The average molecular weight is 276 g/mol. The molecule has 0 atom stereocenters. The number of rotatable bonds is 4. The monoisotopic (exact) mass is 276 g/mol. The number of carbonyl (C=O) groups is 1. The van der Waals surface area contributed by atoms with Crippen molar-refractivity contribution in [2.45, 2.75) is 50.0 Å². The van der Waals surface area contributed by atoms with Gasteiger partial charge in [0.2, 0.25) is 0 Å². The Morgan fingerprint density at radius 3 is 2.45 bits per heavy atom. The summed E-state index contributed by atoms with van der Waals surface area (Å²) in [7, 11) is 0. The SMILES string of the molecule is O=C(NCC1(c2ccc(F)cc2)CC1)NC1CCCC1. The molecule has 108 valence electrons. The molecule has 0 aromatic heterocycles. The van der Waals surface area contributed by atoms with E-state index in [1.54, 1.807) is 0 Å². The van der Waals surface area contributed by atoms with Gasteiger partial charge < -0.3 is 10.6 Å². The molecule has 0 unspecified atom stereocenters. The summed E-state index contributed by atoms with van der Waals surface area (Å²) in [5.74, 6) is -0.212. The van der Waals surface area contributed by atoms with Gasteiger partial charge in [-0.05, 0) is 43.4 Å². The molecule has 2 fully saturated rings. The molecular weight excluding hydrogens is 255 g/mol. The molecule has 2 aliphatic carbocycles. The predicted molar refractivity (Wildman–Crippen MR) is 76.1 cm³/mol. The van der Waals surface area contributed by atoms with E-state index in [0.29, 0.717) is 12.6 Å². The van der Waals surface area contributed by atoms with Crippen LogP contribution in [0.5, 0.6) is 0 Å². The number of nitrogens with one attached hydrogen (secondary N) is 2. The van der Waals surface area contributed by atoms with Gasteiger partial charge in [-0.1, -0.05) is 25.0 Å². The number of hydrogen-bond donors (Lipinski definition) is 2. The first-order chi connectivity index (χ1) is 9.68. The van der Waals surface area contributed by atoms with Crippen LogP contribution in [-0.4, -0.2) is 18.6 Å². The van der Waals surface area contributed by atoms with E-state index in [-0.39, 0.29) is 17.3 Å². The maximum absolute atomic E-state index is 13.0. The van der Waals surface area contributed by atoms with Gasteiger partial charge in [-0.2, -0.15) is 0 Å². The lowest BCUT2D eigenvalue weighted by atomic mass is 9.96. The quantitative estimate of drug-likeness (QED) is 0.871. The highest BCUT2D eigenvalue weighted by atomic mass is 19.1. The van der Waals surface area contributed by atoms with E-state index in [1.165, 1.54) is 25.0 Å². The van der Waals surface area contributed by atoms with Crippen LogP contribution in [0.4, 0.5) is 9.18 Å². The first kappa shape index (κ1) is 13.4. The lowest BCUT2D eigenvalue weighted by Crippen LogP contribution is -2.43. The van der Waals surface area contributed by atoms with Crippen molar-refractivity contribution in [2.24, 2.45) is 0 Å². The van der Waals surface area contributed by atoms with Crippen molar-refractivity contribution in [1.82, 2.24) is 10.6 Å². The van der Waals surface area contributed by atoms with Crippen molar-refractivity contribution >= 4 is 6.03 Å². The minimum atomic E-state index is -0.212. The maximum atomic E-state index is 13.0. The van der Waals surface area contributed by atoms with Gasteiger partial charge in [-0.15, -0.1) is 0 Å². The molecular formula is C16H21FN2O. The van der Waals surface area contributed by atoms with E-state index in [2.05, 4.69) is 10.6 Å². The van der Waals surface area contributed by atoms with E-state index in [0.717, 1.165) is 31.2 Å². The summed E-state index contributed by atoms with van der Waals surface area (Å²) in [4.78, 5) is 11.9. The van der Waals surface area contributed by atoms with Crippen LogP contribution in [0.25, 0.3) is 0 Å². The average Bonchev–Trinajstić information content (AvgIpc) is 3.07. The zero-order chi connectivity index (χ0) is 14.0. The highest BCUT2D eigenvalue weighted by Gasteiger charge is 2.44. The number of halogens is 1. The van der Waals surface area contributed by atoms with Gasteiger partial charge in [-0.25, -0.2) is 9.18 Å². The standard InChI is InChI=1S/C16H21FN2O/c17-13-7-5-12(6-8-13)16(9-10-16)11-18-15(20)19-14-3-1-2-4-14/h5-8,14H,1-4,9-11H2,(H2,18,19,20). The molecule has 1 aromatic rings. The Morgan fingerprint density at radius 1 is 1.20 bits per heavy atom. The summed E-state index contributed by atoms with van der Waals surface area (Å²) >= 11 is 0. The molecule has 0 bridgehead atoms. The van der Waals surface area contributed by atoms with Gasteiger partial charge >= 0.3 is 6.03 Å². The van der Waals surface area contributed by atoms with Crippen molar-refractivity contribution < 1.29 is 9.18 Å². The molecule has 0 spiro atoms. The van der Waals surface area contributed by atoms with E-state index < -0.39 is 0 Å². The van der Waals surface area contributed by atoms with Crippen LogP contribution in [0.3, 0.4) is 0 Å². The molecule has 0 radical (unpaired) electrons. The minimum Gasteiger partial charge on any atom is -0.337 e. The Hall–Kier alpha value is -1.58. The molecule has 2 saturated carbocycles. The van der Waals surface area contributed by atoms with Gasteiger partial charge in [0, 0.05) is 18.0 Å². The Balaban J connectivity index is 1.52. The second kappa shape index (κ2) is 5.43. The van der Waals surface area contributed by atoms with Crippen molar-refractivity contribution in [3.05, 3.63) is 35.6 Å². The van der Waals surface area contributed by atoms with Crippen LogP contribution in [0.2, 0.25) is 0 Å². The van der Waals surface area contributed by atoms with Gasteiger partial charge in [0.05, 0.1) is 0 Å². The molecule has 3 rings (SSSR count). The number of amides is 2. The minimum absolute atomic E-state index is 0.0285. The Bertz CT molecular complexity index is 476. The van der Waals surface area contributed by atoms with Crippen molar-refractivity contribution in [3.63, 3.8) is 0 Å². The third kappa shape index (κ3) is 2.94. The lowest BCUT2D eigenvalue weighted by Gasteiger charge is -2.18. The summed E-state index contributed by atoms with van der Waals surface area (Å²) in [5.41, 5.74) is 1.15. The highest BCUT2D eigenvalue weighted by Crippen LogP contribution is 2.47. The van der Waals surface area contributed by atoms with E-state index in [4.69, 9.17) is 0 Å². The van der Waals surface area contributed by atoms with E-state index in [9.17, 15) is 9.18 Å². The highest BCUT2D eigenvalue weighted by molar-refractivity contribution is 5.74. The summed E-state index contributed by atoms with van der Waals surface area (Å²) in [6.07, 6.45) is 6.73. The smallest absolute Gasteiger partial charge is 0.315 e. The van der Waals surface area contributed by atoms with Crippen LogP contribution < -0.4 is 10.6 Å². The number of hydrogen-bond acceptors (Lipinski definition) is 1. The number of urea groups is 1. The predicted octanol–water partition coefficient (Wildman–Crippen LogP) is 3.10. The molecule has 0 heterocycles. The Labute approximate surface area is 118 Å². The normalized spacial score (nSPS) is 20.6. The molecule has 4 heteroatoms. The molecule has 1 aromatic carbocycles. The topological polar surface area (TPSA) is 41.1 Å². The number of carbonyl (C=O) groups excluding carboxylic acids is 1. The first-order valence-corrected chi connectivity index (χ1v) is 7.48. The van der Waals surface area contributed by atoms with Crippen molar-refractivity contribution in [1.29, 1.82) is 0 Å². The molecule has 2 aliphatic rings. The van der Waals surface area contributed by atoms with E-state index in [1.807, 2.05) is 12.1 Å². The maximum Gasteiger partial charge on any atom is 0.315 e.